The van der Waals surface area contributed by atoms with Crippen LogP contribution >= 0.6 is 0 Å². The summed E-state index contributed by atoms with van der Waals surface area (Å²) in [4.78, 5) is 14.9. The first-order valence-corrected chi connectivity index (χ1v) is 6.16. The Morgan fingerprint density at radius 2 is 2.20 bits per heavy atom. The number of aliphatic carboxylic acids is 1. The number of rotatable bonds is 5. The lowest BCUT2D eigenvalue weighted by molar-refractivity contribution is -0.139. The molecule has 0 saturated heterocycles. The number of hydrogen-bond donors (Lipinski definition) is 1. The molecule has 0 aliphatic carbocycles. The van der Waals surface area contributed by atoms with Crippen LogP contribution in [0.1, 0.15) is 26.2 Å². The third-order valence-electron chi connectivity index (χ3n) is 2.81. The van der Waals surface area contributed by atoms with E-state index in [1.807, 2.05) is 13.8 Å². The molecule has 0 amide bonds. The van der Waals surface area contributed by atoms with Gasteiger partial charge in [0.2, 0.25) is 11.7 Å². The molecule has 1 aromatic carbocycles. The van der Waals surface area contributed by atoms with E-state index < -0.39 is 11.4 Å². The van der Waals surface area contributed by atoms with Gasteiger partial charge in [0.25, 0.3) is 0 Å². The third-order valence-corrected chi connectivity index (χ3v) is 2.81. The first-order chi connectivity index (χ1) is 9.35. The number of carboxylic acid groups (broad SMARTS) is 1. The standard InChI is InChI=1S/C14H15FN2O3/c1-14(2,8-12(18)19)7-11-16-13(17-20-11)9-4-3-5-10(15)6-9/h3-6H,7-8H2,1-2H3,(H,18,19). The van der Waals surface area contributed by atoms with Gasteiger partial charge < -0.3 is 9.63 Å². The number of aromatic nitrogens is 2. The molecule has 20 heavy (non-hydrogen) atoms. The minimum Gasteiger partial charge on any atom is -0.481 e. The van der Waals surface area contributed by atoms with Crippen molar-refractivity contribution in [3.8, 4) is 11.4 Å². The monoisotopic (exact) mass is 278 g/mol. The van der Waals surface area contributed by atoms with Gasteiger partial charge in [-0.15, -0.1) is 0 Å². The summed E-state index contributed by atoms with van der Waals surface area (Å²) in [6.45, 7) is 3.63. The Hall–Kier alpha value is -2.24. The fourth-order valence-corrected chi connectivity index (χ4v) is 1.95. The zero-order valence-electron chi connectivity index (χ0n) is 11.3. The molecule has 0 saturated carbocycles. The molecule has 0 unspecified atom stereocenters. The van der Waals surface area contributed by atoms with Crippen molar-refractivity contribution >= 4 is 5.97 Å². The smallest absolute Gasteiger partial charge is 0.303 e. The molecule has 0 spiro atoms. The number of hydrogen-bond acceptors (Lipinski definition) is 4. The summed E-state index contributed by atoms with van der Waals surface area (Å²) in [6.07, 6.45) is 0.353. The number of halogens is 1. The van der Waals surface area contributed by atoms with E-state index in [9.17, 15) is 9.18 Å². The molecule has 2 aromatic rings. The predicted octanol–water partition coefficient (Wildman–Crippen LogP) is 2.92. The molecule has 106 valence electrons. The van der Waals surface area contributed by atoms with Crippen molar-refractivity contribution in [1.82, 2.24) is 10.1 Å². The summed E-state index contributed by atoms with van der Waals surface area (Å²) in [7, 11) is 0. The van der Waals surface area contributed by atoms with E-state index in [-0.39, 0.29) is 12.2 Å². The molecule has 2 rings (SSSR count). The van der Waals surface area contributed by atoms with Gasteiger partial charge in [-0.3, -0.25) is 4.79 Å². The molecule has 1 aromatic heterocycles. The molecule has 0 aliphatic heterocycles. The molecule has 0 fully saturated rings. The number of carboxylic acids is 1. The first kappa shape index (κ1) is 14.2. The van der Waals surface area contributed by atoms with Crippen molar-refractivity contribution in [3.05, 3.63) is 36.0 Å². The van der Waals surface area contributed by atoms with E-state index in [4.69, 9.17) is 9.63 Å². The number of benzene rings is 1. The topological polar surface area (TPSA) is 76.2 Å². The van der Waals surface area contributed by atoms with E-state index >= 15 is 0 Å². The summed E-state index contributed by atoms with van der Waals surface area (Å²) in [5.74, 6) is -0.610. The van der Waals surface area contributed by atoms with Gasteiger partial charge in [0, 0.05) is 12.0 Å². The van der Waals surface area contributed by atoms with Crippen LogP contribution in [0.25, 0.3) is 11.4 Å². The molecule has 0 radical (unpaired) electrons. The molecule has 1 heterocycles. The Balaban J connectivity index is 2.15. The van der Waals surface area contributed by atoms with Gasteiger partial charge >= 0.3 is 5.97 Å². The van der Waals surface area contributed by atoms with Gasteiger partial charge in [-0.2, -0.15) is 4.98 Å². The van der Waals surface area contributed by atoms with Crippen LogP contribution in [0, 0.1) is 11.2 Å². The van der Waals surface area contributed by atoms with E-state index in [2.05, 4.69) is 10.1 Å². The van der Waals surface area contributed by atoms with Gasteiger partial charge in [-0.1, -0.05) is 31.1 Å². The fourth-order valence-electron chi connectivity index (χ4n) is 1.95. The van der Waals surface area contributed by atoms with Gasteiger partial charge in [-0.25, -0.2) is 4.39 Å². The fraction of sp³-hybridized carbons (Fsp3) is 0.357. The van der Waals surface area contributed by atoms with Crippen LogP contribution in [0.4, 0.5) is 4.39 Å². The van der Waals surface area contributed by atoms with Crippen molar-refractivity contribution in [3.63, 3.8) is 0 Å². The van der Waals surface area contributed by atoms with E-state index in [1.165, 1.54) is 12.1 Å². The Kier molecular flexibility index (Phi) is 3.83. The van der Waals surface area contributed by atoms with Gasteiger partial charge in [0.15, 0.2) is 0 Å². The molecular formula is C14H15FN2O3. The molecule has 5 nitrogen and oxygen atoms in total. The van der Waals surface area contributed by atoms with Crippen LogP contribution in [0.3, 0.4) is 0 Å². The Bertz CT molecular complexity index is 622. The highest BCUT2D eigenvalue weighted by molar-refractivity contribution is 5.67. The minimum atomic E-state index is -0.875. The van der Waals surface area contributed by atoms with Crippen LogP contribution in [0.15, 0.2) is 28.8 Å². The first-order valence-electron chi connectivity index (χ1n) is 6.16. The lowest BCUT2D eigenvalue weighted by Crippen LogP contribution is -2.19. The molecule has 0 atom stereocenters. The zero-order valence-corrected chi connectivity index (χ0v) is 11.3. The molecule has 6 heteroatoms. The van der Waals surface area contributed by atoms with E-state index in [0.29, 0.717) is 23.7 Å². The summed E-state index contributed by atoms with van der Waals surface area (Å²) in [5.41, 5.74) is 0.0356. The Morgan fingerprint density at radius 3 is 2.85 bits per heavy atom. The van der Waals surface area contributed by atoms with Crippen LogP contribution in [-0.4, -0.2) is 21.2 Å². The second-order valence-electron chi connectivity index (χ2n) is 5.43. The second-order valence-corrected chi connectivity index (χ2v) is 5.43. The average molecular weight is 278 g/mol. The Morgan fingerprint density at radius 1 is 1.45 bits per heavy atom. The highest BCUT2D eigenvalue weighted by Gasteiger charge is 2.25. The number of carbonyl (C=O) groups is 1. The maximum absolute atomic E-state index is 13.1. The van der Waals surface area contributed by atoms with E-state index in [1.54, 1.807) is 12.1 Å². The van der Waals surface area contributed by atoms with Crippen LogP contribution in [-0.2, 0) is 11.2 Å². The second kappa shape index (κ2) is 5.40. The van der Waals surface area contributed by atoms with Crippen molar-refractivity contribution in [2.75, 3.05) is 0 Å². The van der Waals surface area contributed by atoms with Gasteiger partial charge in [-0.05, 0) is 17.5 Å². The van der Waals surface area contributed by atoms with Crippen LogP contribution in [0.5, 0.6) is 0 Å². The number of nitrogens with zero attached hydrogens (tertiary/aromatic N) is 2. The summed E-state index contributed by atoms with van der Waals surface area (Å²) < 4.78 is 18.2. The lowest BCUT2D eigenvalue weighted by Gasteiger charge is -2.19. The van der Waals surface area contributed by atoms with Crippen molar-refractivity contribution < 1.29 is 18.8 Å². The summed E-state index contributed by atoms with van der Waals surface area (Å²) in [5, 5.41) is 12.6. The van der Waals surface area contributed by atoms with Gasteiger partial charge in [0.1, 0.15) is 5.82 Å². The Labute approximate surface area is 115 Å². The van der Waals surface area contributed by atoms with Crippen molar-refractivity contribution in [2.45, 2.75) is 26.7 Å². The highest BCUT2D eigenvalue weighted by atomic mass is 19.1. The zero-order chi connectivity index (χ0) is 14.8. The summed E-state index contributed by atoms with van der Waals surface area (Å²) >= 11 is 0. The van der Waals surface area contributed by atoms with E-state index in [0.717, 1.165) is 0 Å². The molecule has 0 aliphatic rings. The largest absolute Gasteiger partial charge is 0.481 e. The molecule has 0 bridgehead atoms. The third kappa shape index (κ3) is 3.63. The lowest BCUT2D eigenvalue weighted by atomic mass is 9.86. The predicted molar refractivity (Wildman–Crippen MR) is 69.4 cm³/mol. The van der Waals surface area contributed by atoms with Crippen molar-refractivity contribution in [2.24, 2.45) is 5.41 Å². The average Bonchev–Trinajstić information content (AvgIpc) is 2.74. The van der Waals surface area contributed by atoms with Crippen LogP contribution < -0.4 is 0 Å². The maximum Gasteiger partial charge on any atom is 0.303 e. The minimum absolute atomic E-state index is 0.00464. The van der Waals surface area contributed by atoms with Crippen LogP contribution in [0.2, 0.25) is 0 Å². The van der Waals surface area contributed by atoms with Gasteiger partial charge in [0.05, 0.1) is 6.42 Å². The quantitative estimate of drug-likeness (QED) is 0.910. The molecular weight excluding hydrogens is 263 g/mol. The highest BCUT2D eigenvalue weighted by Crippen LogP contribution is 2.26. The maximum atomic E-state index is 13.1. The SMILES string of the molecule is CC(C)(CC(=O)O)Cc1nc(-c2cccc(F)c2)no1. The normalized spacial score (nSPS) is 11.6. The molecule has 1 N–H and O–H groups in total. The van der Waals surface area contributed by atoms with Crippen molar-refractivity contribution in [1.29, 1.82) is 0 Å². The summed E-state index contributed by atoms with van der Waals surface area (Å²) in [6, 6.07) is 5.90.